The minimum Gasteiger partial charge on any atom is -0.382 e. The third kappa shape index (κ3) is 2.80. The van der Waals surface area contributed by atoms with Crippen LogP contribution in [0.4, 0.5) is 5.69 Å². The molecule has 0 bridgehead atoms. The second kappa shape index (κ2) is 5.61. The van der Waals surface area contributed by atoms with Crippen molar-refractivity contribution in [3.8, 4) is 17.9 Å². The molecule has 0 saturated carbocycles. The second-order valence-electron chi connectivity index (χ2n) is 2.61. The van der Waals surface area contributed by atoms with Crippen LogP contribution in [0.3, 0.4) is 0 Å². The summed E-state index contributed by atoms with van der Waals surface area (Å²) in [6, 6.07) is 5.67. The fourth-order valence-electron chi connectivity index (χ4n) is 1.02. The van der Waals surface area contributed by atoms with Crippen LogP contribution < -0.4 is 5.32 Å². The van der Waals surface area contributed by atoms with Gasteiger partial charge in [0.15, 0.2) is 5.69 Å². The average Bonchev–Trinajstić information content (AvgIpc) is 2.25. The highest BCUT2D eigenvalue weighted by Gasteiger charge is 1.99. The monoisotopic (exact) mass is 185 g/mol. The first-order valence-corrected chi connectivity index (χ1v) is 4.37. The Labute approximate surface area is 83.8 Å². The Morgan fingerprint density at radius 2 is 2.43 bits per heavy atom. The van der Waals surface area contributed by atoms with Crippen LogP contribution in [0.2, 0.25) is 0 Å². The predicted octanol–water partition coefficient (Wildman–Crippen LogP) is 1.78. The molecule has 0 aliphatic carbocycles. The van der Waals surface area contributed by atoms with E-state index in [2.05, 4.69) is 22.1 Å². The summed E-state index contributed by atoms with van der Waals surface area (Å²) in [6.45, 7) is 2.55. The third-order valence-electron chi connectivity index (χ3n) is 1.66. The number of rotatable bonds is 3. The van der Waals surface area contributed by atoms with E-state index in [1.807, 2.05) is 19.1 Å². The topological polar surface area (TPSA) is 48.7 Å². The molecule has 0 unspecified atom stereocenters. The number of hydrogen-bond donors (Lipinski definition) is 1. The van der Waals surface area contributed by atoms with Crippen LogP contribution in [0, 0.1) is 23.2 Å². The van der Waals surface area contributed by atoms with E-state index in [0.29, 0.717) is 5.69 Å². The summed E-state index contributed by atoms with van der Waals surface area (Å²) < 4.78 is 0. The molecule has 3 heteroatoms. The summed E-state index contributed by atoms with van der Waals surface area (Å²) in [5.41, 5.74) is 1.20. The van der Waals surface area contributed by atoms with Crippen molar-refractivity contribution >= 4 is 5.69 Å². The van der Waals surface area contributed by atoms with Crippen molar-refractivity contribution in [1.82, 2.24) is 4.98 Å². The lowest BCUT2D eigenvalue weighted by atomic mass is 10.3. The summed E-state index contributed by atoms with van der Waals surface area (Å²) in [5.74, 6) is 5.75. The summed E-state index contributed by atoms with van der Waals surface area (Å²) in [4.78, 5) is 3.94. The van der Waals surface area contributed by atoms with Gasteiger partial charge in [0.25, 0.3) is 0 Å². The molecule has 0 spiro atoms. The number of pyridine rings is 1. The van der Waals surface area contributed by atoms with E-state index in [9.17, 15) is 0 Å². The Balaban J connectivity index is 2.57. The summed E-state index contributed by atoms with van der Waals surface area (Å²) in [5, 5.41) is 11.9. The van der Waals surface area contributed by atoms with Crippen molar-refractivity contribution in [1.29, 1.82) is 5.26 Å². The van der Waals surface area contributed by atoms with Crippen LogP contribution in [0.1, 0.15) is 19.0 Å². The summed E-state index contributed by atoms with van der Waals surface area (Å²) >= 11 is 0. The van der Waals surface area contributed by atoms with Crippen molar-refractivity contribution in [2.45, 2.75) is 13.3 Å². The van der Waals surface area contributed by atoms with Crippen LogP contribution in [0.15, 0.2) is 18.3 Å². The van der Waals surface area contributed by atoms with Gasteiger partial charge >= 0.3 is 0 Å². The van der Waals surface area contributed by atoms with E-state index in [1.54, 1.807) is 12.3 Å². The van der Waals surface area contributed by atoms with Crippen molar-refractivity contribution in [2.75, 3.05) is 11.9 Å². The van der Waals surface area contributed by atoms with Crippen LogP contribution in [0.25, 0.3) is 0 Å². The van der Waals surface area contributed by atoms with Gasteiger partial charge in [-0.15, -0.1) is 11.8 Å². The number of anilines is 1. The van der Waals surface area contributed by atoms with Gasteiger partial charge in [0.2, 0.25) is 0 Å². The maximum atomic E-state index is 8.74. The van der Waals surface area contributed by atoms with E-state index < -0.39 is 0 Å². The second-order valence-corrected chi connectivity index (χ2v) is 2.61. The molecule has 3 nitrogen and oxygen atoms in total. The molecule has 1 N–H and O–H groups in total. The lowest BCUT2D eigenvalue weighted by Crippen LogP contribution is -2.03. The van der Waals surface area contributed by atoms with E-state index in [-0.39, 0.29) is 0 Å². The zero-order chi connectivity index (χ0) is 10.2. The van der Waals surface area contributed by atoms with Crippen LogP contribution in [-0.4, -0.2) is 11.5 Å². The molecule has 0 aliphatic rings. The first-order valence-electron chi connectivity index (χ1n) is 4.37. The first-order chi connectivity index (χ1) is 6.88. The van der Waals surface area contributed by atoms with Gasteiger partial charge in [-0.1, -0.05) is 0 Å². The number of aromatic nitrogens is 1. The number of nitrogens with zero attached hydrogens (tertiary/aromatic N) is 2. The standard InChI is InChI=1S/C11H11N3/c1-2-3-4-7-13-10-6-5-8-14-11(10)9-12/h5-6,8,13H,4,7H2,1H3. The fraction of sp³-hybridized carbons (Fsp3) is 0.273. The minimum atomic E-state index is 0.428. The van der Waals surface area contributed by atoms with Crippen LogP contribution in [-0.2, 0) is 0 Å². The molecule has 0 saturated heterocycles. The molecule has 1 aromatic heterocycles. The number of nitriles is 1. The number of hydrogen-bond acceptors (Lipinski definition) is 3. The molecular weight excluding hydrogens is 174 g/mol. The molecular formula is C11H11N3. The van der Waals surface area contributed by atoms with E-state index in [4.69, 9.17) is 5.26 Å². The van der Waals surface area contributed by atoms with Crippen molar-refractivity contribution in [2.24, 2.45) is 0 Å². The fourth-order valence-corrected chi connectivity index (χ4v) is 1.02. The molecule has 0 atom stereocenters. The van der Waals surface area contributed by atoms with Gasteiger partial charge in [-0.3, -0.25) is 0 Å². The maximum absolute atomic E-state index is 8.74. The average molecular weight is 185 g/mol. The summed E-state index contributed by atoms with van der Waals surface area (Å²) in [6.07, 6.45) is 2.38. The molecule has 0 radical (unpaired) electrons. The van der Waals surface area contributed by atoms with E-state index in [0.717, 1.165) is 18.7 Å². The third-order valence-corrected chi connectivity index (χ3v) is 1.66. The van der Waals surface area contributed by atoms with Gasteiger partial charge in [-0.2, -0.15) is 5.26 Å². The zero-order valence-corrected chi connectivity index (χ0v) is 8.04. The smallest absolute Gasteiger partial charge is 0.163 e. The highest BCUT2D eigenvalue weighted by Crippen LogP contribution is 2.09. The molecule has 0 aromatic carbocycles. The molecule has 1 heterocycles. The molecule has 70 valence electrons. The van der Waals surface area contributed by atoms with Crippen molar-refractivity contribution < 1.29 is 0 Å². The predicted molar refractivity (Wildman–Crippen MR) is 55.5 cm³/mol. The lowest BCUT2D eigenvalue weighted by Gasteiger charge is -2.04. The van der Waals surface area contributed by atoms with Crippen LogP contribution >= 0.6 is 0 Å². The van der Waals surface area contributed by atoms with Crippen molar-refractivity contribution in [3.63, 3.8) is 0 Å². The Hall–Kier alpha value is -2.00. The Morgan fingerprint density at radius 1 is 1.57 bits per heavy atom. The Kier molecular flexibility index (Phi) is 4.04. The maximum Gasteiger partial charge on any atom is 0.163 e. The molecule has 0 amide bonds. The first kappa shape index (κ1) is 10.1. The van der Waals surface area contributed by atoms with Gasteiger partial charge in [-0.25, -0.2) is 4.98 Å². The highest BCUT2D eigenvalue weighted by atomic mass is 14.9. The molecule has 14 heavy (non-hydrogen) atoms. The van der Waals surface area contributed by atoms with Gasteiger partial charge in [-0.05, 0) is 19.1 Å². The highest BCUT2D eigenvalue weighted by molar-refractivity contribution is 5.53. The molecule has 1 rings (SSSR count). The van der Waals surface area contributed by atoms with Gasteiger partial charge < -0.3 is 5.32 Å². The Bertz CT molecular complexity index is 393. The molecule has 1 aromatic rings. The largest absolute Gasteiger partial charge is 0.382 e. The number of nitrogens with one attached hydrogen (secondary N) is 1. The SMILES string of the molecule is CC#CCCNc1cccnc1C#N. The van der Waals surface area contributed by atoms with E-state index >= 15 is 0 Å². The Morgan fingerprint density at radius 3 is 3.14 bits per heavy atom. The van der Waals surface area contributed by atoms with Gasteiger partial charge in [0.05, 0.1) is 5.69 Å². The summed E-state index contributed by atoms with van der Waals surface area (Å²) in [7, 11) is 0. The van der Waals surface area contributed by atoms with Crippen molar-refractivity contribution in [3.05, 3.63) is 24.0 Å². The van der Waals surface area contributed by atoms with Gasteiger partial charge in [0, 0.05) is 19.2 Å². The minimum absolute atomic E-state index is 0.428. The zero-order valence-electron chi connectivity index (χ0n) is 8.04. The van der Waals surface area contributed by atoms with Crippen LogP contribution in [0.5, 0.6) is 0 Å². The normalized spacial score (nSPS) is 8.29. The van der Waals surface area contributed by atoms with E-state index in [1.165, 1.54) is 0 Å². The quantitative estimate of drug-likeness (QED) is 0.576. The molecule has 0 fully saturated rings. The van der Waals surface area contributed by atoms with Gasteiger partial charge in [0.1, 0.15) is 6.07 Å². The lowest BCUT2D eigenvalue weighted by molar-refractivity contribution is 1.08. The molecule has 0 aliphatic heterocycles.